The molecule has 2 amide bonds. The smallest absolute Gasteiger partial charge is 0.421 e. The number of esters is 1. The topological polar surface area (TPSA) is 72.9 Å². The Balaban J connectivity index is 1.96. The molecule has 6 heteroatoms. The molecular weight excluding hydrogens is 382 g/mol. The summed E-state index contributed by atoms with van der Waals surface area (Å²) < 4.78 is 10.5. The third-order valence-electron chi connectivity index (χ3n) is 5.76. The largest absolute Gasteiger partial charge is 0.463 e. The maximum Gasteiger partial charge on any atom is 0.421 e. The number of para-hydroxylation sites is 1. The number of allylic oxidation sites excluding steroid dienone is 1. The van der Waals surface area contributed by atoms with Crippen LogP contribution >= 0.6 is 0 Å². The van der Waals surface area contributed by atoms with Gasteiger partial charge in [-0.05, 0) is 37.5 Å². The van der Waals surface area contributed by atoms with E-state index in [0.717, 1.165) is 10.5 Å². The Kier molecular flexibility index (Phi) is 5.16. The van der Waals surface area contributed by atoms with Gasteiger partial charge in [0.15, 0.2) is 0 Å². The molecule has 0 bridgehead atoms. The van der Waals surface area contributed by atoms with E-state index in [1.165, 1.54) is 0 Å². The number of ether oxygens (including phenoxy) is 2. The van der Waals surface area contributed by atoms with Crippen LogP contribution in [0.4, 0.5) is 10.5 Å². The van der Waals surface area contributed by atoms with Gasteiger partial charge < -0.3 is 9.47 Å². The molecule has 0 saturated heterocycles. The van der Waals surface area contributed by atoms with Crippen molar-refractivity contribution >= 4 is 23.7 Å². The second kappa shape index (κ2) is 7.78. The molecular formula is C24H23NO5. The Morgan fingerprint density at radius 3 is 2.37 bits per heavy atom. The molecule has 1 heterocycles. The van der Waals surface area contributed by atoms with Crippen molar-refractivity contribution in [3.05, 3.63) is 77.4 Å². The number of fused-ring (bicyclic) bond motifs is 2. The van der Waals surface area contributed by atoms with Crippen molar-refractivity contribution in [1.29, 1.82) is 0 Å². The van der Waals surface area contributed by atoms with Gasteiger partial charge in [0.2, 0.25) is 0 Å². The molecule has 0 radical (unpaired) electrons. The predicted octanol–water partition coefficient (Wildman–Crippen LogP) is 4.10. The lowest BCUT2D eigenvalue weighted by Crippen LogP contribution is -2.48. The summed E-state index contributed by atoms with van der Waals surface area (Å²) in [6.07, 6.45) is 1.52. The normalized spacial score (nSPS) is 22.1. The van der Waals surface area contributed by atoms with Crippen LogP contribution in [0, 0.1) is 0 Å². The molecule has 0 fully saturated rings. The van der Waals surface area contributed by atoms with Gasteiger partial charge in [0, 0.05) is 5.92 Å². The Labute approximate surface area is 175 Å². The third kappa shape index (κ3) is 2.75. The van der Waals surface area contributed by atoms with E-state index in [4.69, 9.17) is 9.47 Å². The number of imide groups is 1. The van der Waals surface area contributed by atoms with E-state index in [1.54, 1.807) is 38.1 Å². The second-order valence-corrected chi connectivity index (χ2v) is 7.20. The minimum absolute atomic E-state index is 0.139. The summed E-state index contributed by atoms with van der Waals surface area (Å²) in [5.74, 6) is -1.36. The first-order chi connectivity index (χ1) is 14.6. The fourth-order valence-corrected chi connectivity index (χ4v) is 4.66. The van der Waals surface area contributed by atoms with Gasteiger partial charge in [-0.2, -0.15) is 0 Å². The molecule has 2 aliphatic rings. The van der Waals surface area contributed by atoms with Gasteiger partial charge >= 0.3 is 12.1 Å². The summed E-state index contributed by atoms with van der Waals surface area (Å²) >= 11 is 0. The Morgan fingerprint density at radius 2 is 1.67 bits per heavy atom. The molecule has 1 aliphatic carbocycles. The molecule has 2 atom stereocenters. The highest BCUT2D eigenvalue weighted by molar-refractivity contribution is 6.25. The van der Waals surface area contributed by atoms with Crippen LogP contribution in [-0.2, 0) is 24.5 Å². The minimum atomic E-state index is -1.34. The molecule has 30 heavy (non-hydrogen) atoms. The van der Waals surface area contributed by atoms with Crippen molar-refractivity contribution in [3.63, 3.8) is 0 Å². The van der Waals surface area contributed by atoms with Gasteiger partial charge in [-0.3, -0.25) is 4.79 Å². The van der Waals surface area contributed by atoms with Crippen molar-refractivity contribution in [2.24, 2.45) is 0 Å². The van der Waals surface area contributed by atoms with Crippen LogP contribution in [0.25, 0.3) is 0 Å². The Hall–Kier alpha value is -3.41. The zero-order valence-electron chi connectivity index (χ0n) is 17.0. The first-order valence-electron chi connectivity index (χ1n) is 10.1. The minimum Gasteiger partial charge on any atom is -0.463 e. The standard InChI is InChI=1S/C24H23NO5/c1-3-29-21(26)19-15-14-17(16-10-6-5-7-11-16)24(19)18-12-8-9-13-20(18)25(22(24)27)23(28)30-4-2/h5-13,15,17H,3-4,14H2,1-2H3/t17-,24+/m1/s1. The number of rotatable bonds is 4. The molecule has 0 unspecified atom stereocenters. The van der Waals surface area contributed by atoms with E-state index in [2.05, 4.69) is 0 Å². The van der Waals surface area contributed by atoms with Crippen molar-refractivity contribution in [1.82, 2.24) is 0 Å². The molecule has 0 N–H and O–H groups in total. The molecule has 1 spiro atoms. The van der Waals surface area contributed by atoms with E-state index >= 15 is 0 Å². The van der Waals surface area contributed by atoms with Gasteiger partial charge in [-0.1, -0.05) is 54.6 Å². The molecule has 1 aliphatic heterocycles. The van der Waals surface area contributed by atoms with Crippen LogP contribution in [0.5, 0.6) is 0 Å². The predicted molar refractivity (Wildman–Crippen MR) is 111 cm³/mol. The highest BCUT2D eigenvalue weighted by atomic mass is 16.6. The molecule has 2 aromatic rings. The second-order valence-electron chi connectivity index (χ2n) is 7.20. The maximum atomic E-state index is 14.0. The molecule has 0 aromatic heterocycles. The zero-order valence-corrected chi connectivity index (χ0v) is 17.0. The summed E-state index contributed by atoms with van der Waals surface area (Å²) in [5, 5.41) is 0. The van der Waals surface area contributed by atoms with Crippen LogP contribution in [0.2, 0.25) is 0 Å². The zero-order chi connectivity index (χ0) is 21.3. The highest BCUT2D eigenvalue weighted by Gasteiger charge is 2.63. The molecule has 0 saturated carbocycles. The van der Waals surface area contributed by atoms with E-state index in [0.29, 0.717) is 17.7 Å². The molecule has 2 aromatic carbocycles. The van der Waals surface area contributed by atoms with Crippen molar-refractivity contribution in [3.8, 4) is 0 Å². The average Bonchev–Trinajstić information content (AvgIpc) is 3.27. The number of nitrogens with zero attached hydrogens (tertiary/aromatic N) is 1. The Morgan fingerprint density at radius 1 is 1.00 bits per heavy atom. The molecule has 6 nitrogen and oxygen atoms in total. The van der Waals surface area contributed by atoms with Gasteiger partial charge in [-0.15, -0.1) is 0 Å². The van der Waals surface area contributed by atoms with E-state index in [9.17, 15) is 14.4 Å². The summed E-state index contributed by atoms with van der Waals surface area (Å²) in [6, 6.07) is 16.7. The lowest BCUT2D eigenvalue weighted by Gasteiger charge is -2.33. The summed E-state index contributed by atoms with van der Waals surface area (Å²) in [5.41, 5.74) is 0.925. The number of anilines is 1. The average molecular weight is 405 g/mol. The number of amides is 2. The van der Waals surface area contributed by atoms with Gasteiger partial charge in [0.1, 0.15) is 5.41 Å². The van der Waals surface area contributed by atoms with Gasteiger partial charge in [-0.25, -0.2) is 14.5 Å². The number of carbonyl (C=O) groups is 3. The lowest BCUT2D eigenvalue weighted by molar-refractivity contribution is -0.140. The summed E-state index contributed by atoms with van der Waals surface area (Å²) in [4.78, 5) is 40.8. The van der Waals surface area contributed by atoms with Crippen LogP contribution in [0.3, 0.4) is 0 Å². The number of hydrogen-bond donors (Lipinski definition) is 0. The number of carbonyl (C=O) groups excluding carboxylic acids is 3. The SMILES string of the molecule is CCOC(=O)C1=CC[C@H](c2ccccc2)[C@@]12C(=O)N(C(=O)OCC)c1ccccc12. The Bertz CT molecular complexity index is 1030. The summed E-state index contributed by atoms with van der Waals surface area (Å²) in [7, 11) is 0. The van der Waals surface area contributed by atoms with Crippen LogP contribution in [0.1, 0.15) is 37.3 Å². The molecule has 4 rings (SSSR count). The van der Waals surface area contributed by atoms with Crippen molar-refractivity contribution < 1.29 is 23.9 Å². The molecule has 154 valence electrons. The monoisotopic (exact) mass is 405 g/mol. The fourth-order valence-electron chi connectivity index (χ4n) is 4.66. The van der Waals surface area contributed by atoms with Gasteiger partial charge in [0.05, 0.1) is 24.5 Å². The maximum absolute atomic E-state index is 14.0. The quantitative estimate of drug-likeness (QED) is 0.716. The van der Waals surface area contributed by atoms with E-state index < -0.39 is 23.4 Å². The number of benzene rings is 2. The van der Waals surface area contributed by atoms with Crippen LogP contribution in [0.15, 0.2) is 66.2 Å². The van der Waals surface area contributed by atoms with Crippen molar-refractivity contribution in [2.45, 2.75) is 31.6 Å². The van der Waals surface area contributed by atoms with Crippen molar-refractivity contribution in [2.75, 3.05) is 18.1 Å². The fraction of sp³-hybridized carbons (Fsp3) is 0.292. The van der Waals surface area contributed by atoms with Crippen LogP contribution < -0.4 is 4.90 Å². The third-order valence-corrected chi connectivity index (χ3v) is 5.76. The highest BCUT2D eigenvalue weighted by Crippen LogP contribution is 2.58. The van der Waals surface area contributed by atoms with Gasteiger partial charge in [0.25, 0.3) is 5.91 Å². The lowest BCUT2D eigenvalue weighted by atomic mass is 9.67. The van der Waals surface area contributed by atoms with Crippen LogP contribution in [-0.4, -0.2) is 31.2 Å². The first kappa shape index (κ1) is 19.9. The summed E-state index contributed by atoms with van der Waals surface area (Å²) in [6.45, 7) is 3.75. The van der Waals surface area contributed by atoms with E-state index in [-0.39, 0.29) is 24.7 Å². The first-order valence-corrected chi connectivity index (χ1v) is 10.1. The van der Waals surface area contributed by atoms with E-state index in [1.807, 2.05) is 36.4 Å². The number of hydrogen-bond acceptors (Lipinski definition) is 5.